The largest absolute Gasteiger partial charge is 0.314 e. The van der Waals surface area contributed by atoms with E-state index in [1.54, 1.807) is 0 Å². The topological polar surface area (TPSA) is 24.1 Å². The lowest BCUT2D eigenvalue weighted by Crippen LogP contribution is -2.39. The van der Waals surface area contributed by atoms with Crippen LogP contribution in [0.2, 0.25) is 0 Å². The minimum absolute atomic E-state index is 0. The molecule has 2 aliphatic rings. The first-order chi connectivity index (χ1) is 8.43. The van der Waals surface area contributed by atoms with Crippen molar-refractivity contribution in [1.82, 2.24) is 10.6 Å². The zero-order chi connectivity index (χ0) is 11.5. The van der Waals surface area contributed by atoms with Gasteiger partial charge in [-0.2, -0.15) is 0 Å². The van der Waals surface area contributed by atoms with Gasteiger partial charge in [0, 0.05) is 17.5 Å². The van der Waals surface area contributed by atoms with Gasteiger partial charge >= 0.3 is 0 Å². The van der Waals surface area contributed by atoms with Crippen molar-refractivity contribution in [2.24, 2.45) is 11.8 Å². The van der Waals surface area contributed by atoms with E-state index in [1.807, 2.05) is 11.3 Å². The zero-order valence-electron chi connectivity index (χ0n) is 10.7. The predicted molar refractivity (Wildman–Crippen MR) is 80.5 cm³/mol. The minimum Gasteiger partial charge on any atom is -0.314 e. The summed E-state index contributed by atoms with van der Waals surface area (Å²) in [6.07, 6.45) is 5.65. The van der Waals surface area contributed by atoms with E-state index in [4.69, 9.17) is 0 Å². The van der Waals surface area contributed by atoms with E-state index in [-0.39, 0.29) is 12.4 Å². The van der Waals surface area contributed by atoms with Crippen LogP contribution in [0.15, 0.2) is 17.5 Å². The van der Waals surface area contributed by atoms with E-state index in [0.29, 0.717) is 0 Å². The van der Waals surface area contributed by atoms with Crippen molar-refractivity contribution in [2.75, 3.05) is 13.1 Å². The molecule has 0 bridgehead atoms. The third-order valence-corrected chi connectivity index (χ3v) is 5.26. The molecule has 3 unspecified atom stereocenters. The zero-order valence-corrected chi connectivity index (χ0v) is 12.4. The molecule has 2 nitrogen and oxygen atoms in total. The molecule has 1 saturated carbocycles. The molecule has 0 amide bonds. The van der Waals surface area contributed by atoms with Gasteiger partial charge in [-0.05, 0) is 55.6 Å². The van der Waals surface area contributed by atoms with Crippen LogP contribution in [0.5, 0.6) is 0 Å². The summed E-state index contributed by atoms with van der Waals surface area (Å²) in [5.74, 6) is 1.85. The fourth-order valence-corrected chi connectivity index (χ4v) is 4.20. The molecule has 1 aromatic heterocycles. The normalized spacial score (nSPS) is 30.8. The highest BCUT2D eigenvalue weighted by molar-refractivity contribution is 7.09. The summed E-state index contributed by atoms with van der Waals surface area (Å²) in [4.78, 5) is 1.46. The minimum atomic E-state index is 0. The van der Waals surface area contributed by atoms with Crippen molar-refractivity contribution in [3.63, 3.8) is 0 Å². The Kier molecular flexibility index (Phi) is 5.49. The molecule has 4 heteroatoms. The second-order valence-electron chi connectivity index (χ2n) is 5.41. The van der Waals surface area contributed by atoms with E-state index in [2.05, 4.69) is 28.1 Å². The van der Waals surface area contributed by atoms with Gasteiger partial charge in [-0.1, -0.05) is 12.5 Å². The van der Waals surface area contributed by atoms with Crippen LogP contribution in [0.1, 0.15) is 30.6 Å². The quantitative estimate of drug-likeness (QED) is 0.889. The smallest absolute Gasteiger partial charge is 0.0299 e. The van der Waals surface area contributed by atoms with Crippen LogP contribution in [0, 0.1) is 11.8 Å². The third-order valence-electron chi connectivity index (χ3n) is 4.38. The highest BCUT2D eigenvalue weighted by atomic mass is 35.5. The molecule has 2 fully saturated rings. The predicted octanol–water partition coefficient (Wildman–Crippen LogP) is 3.04. The van der Waals surface area contributed by atoms with Crippen molar-refractivity contribution < 1.29 is 0 Å². The van der Waals surface area contributed by atoms with E-state index in [9.17, 15) is 0 Å². The highest BCUT2D eigenvalue weighted by Gasteiger charge is 2.35. The van der Waals surface area contributed by atoms with Crippen molar-refractivity contribution in [3.05, 3.63) is 22.4 Å². The molecule has 2 heterocycles. The molecule has 102 valence electrons. The summed E-state index contributed by atoms with van der Waals surface area (Å²) in [5.41, 5.74) is 0. The number of nitrogens with one attached hydrogen (secondary N) is 2. The Balaban J connectivity index is 0.00000120. The number of fused-ring (bicyclic) bond motifs is 1. The molecule has 1 aliphatic heterocycles. The molecule has 0 spiro atoms. The van der Waals surface area contributed by atoms with Gasteiger partial charge < -0.3 is 10.6 Å². The van der Waals surface area contributed by atoms with E-state index in [0.717, 1.165) is 24.4 Å². The molecule has 0 radical (unpaired) electrons. The second kappa shape index (κ2) is 6.90. The van der Waals surface area contributed by atoms with Crippen LogP contribution in [0.25, 0.3) is 0 Å². The summed E-state index contributed by atoms with van der Waals surface area (Å²) in [6.45, 7) is 3.51. The summed E-state index contributed by atoms with van der Waals surface area (Å²) >= 11 is 1.85. The summed E-state index contributed by atoms with van der Waals surface area (Å²) < 4.78 is 0. The van der Waals surface area contributed by atoms with Gasteiger partial charge in [0.15, 0.2) is 0 Å². The molecular weight excluding hydrogens is 264 g/mol. The van der Waals surface area contributed by atoms with E-state index in [1.165, 1.54) is 43.6 Å². The van der Waals surface area contributed by atoms with Gasteiger partial charge in [-0.3, -0.25) is 0 Å². The highest BCUT2D eigenvalue weighted by Crippen LogP contribution is 2.35. The monoisotopic (exact) mass is 286 g/mol. The average molecular weight is 287 g/mol. The number of rotatable bonds is 4. The van der Waals surface area contributed by atoms with Gasteiger partial charge in [0.25, 0.3) is 0 Å². The molecule has 1 saturated heterocycles. The Morgan fingerprint density at radius 2 is 2.28 bits per heavy atom. The first-order valence-electron chi connectivity index (χ1n) is 6.90. The van der Waals surface area contributed by atoms with Crippen molar-refractivity contribution in [3.8, 4) is 0 Å². The Morgan fingerprint density at radius 3 is 3.11 bits per heavy atom. The molecule has 0 aromatic carbocycles. The number of thiophene rings is 1. The SMILES string of the molecule is Cl.c1csc(CNCC2CCCC3NCCC23)c1. The van der Waals surface area contributed by atoms with Gasteiger partial charge in [0.2, 0.25) is 0 Å². The van der Waals surface area contributed by atoms with Crippen molar-refractivity contribution in [2.45, 2.75) is 38.3 Å². The van der Waals surface area contributed by atoms with Crippen LogP contribution < -0.4 is 10.6 Å². The lowest BCUT2D eigenvalue weighted by molar-refractivity contribution is 0.213. The maximum absolute atomic E-state index is 3.67. The fraction of sp³-hybridized carbons (Fsp3) is 0.714. The summed E-state index contributed by atoms with van der Waals surface area (Å²) in [5, 5.41) is 9.48. The Hall–Kier alpha value is -0.0900. The van der Waals surface area contributed by atoms with Crippen LogP contribution in [0.3, 0.4) is 0 Å². The summed E-state index contributed by atoms with van der Waals surface area (Å²) in [6, 6.07) is 5.19. The number of halogens is 1. The van der Waals surface area contributed by atoms with Crippen LogP contribution >= 0.6 is 23.7 Å². The van der Waals surface area contributed by atoms with E-state index >= 15 is 0 Å². The first-order valence-corrected chi connectivity index (χ1v) is 7.78. The lowest BCUT2D eigenvalue weighted by Gasteiger charge is -2.33. The van der Waals surface area contributed by atoms with E-state index < -0.39 is 0 Å². The fourth-order valence-electron chi connectivity index (χ4n) is 3.53. The van der Waals surface area contributed by atoms with Crippen LogP contribution in [0.4, 0.5) is 0 Å². The average Bonchev–Trinajstić information content (AvgIpc) is 2.99. The van der Waals surface area contributed by atoms with Crippen molar-refractivity contribution >= 4 is 23.7 Å². The molecular formula is C14H23ClN2S. The maximum atomic E-state index is 3.67. The Labute approximate surface area is 120 Å². The van der Waals surface area contributed by atoms with Crippen molar-refractivity contribution in [1.29, 1.82) is 0 Å². The number of hydrogen-bond donors (Lipinski definition) is 2. The Morgan fingerprint density at radius 1 is 1.33 bits per heavy atom. The lowest BCUT2D eigenvalue weighted by atomic mass is 9.76. The molecule has 1 aliphatic carbocycles. The molecule has 3 rings (SSSR count). The van der Waals surface area contributed by atoms with Gasteiger partial charge in [0.05, 0.1) is 0 Å². The first kappa shape index (κ1) is 14.3. The standard InChI is InChI=1S/C14H22N2S.ClH/c1-3-11(13-6-7-16-14(13)5-1)9-15-10-12-4-2-8-17-12;/h2,4,8,11,13-16H,1,3,5-7,9-10H2;1H. The van der Waals surface area contributed by atoms with Crippen LogP contribution in [-0.2, 0) is 6.54 Å². The maximum Gasteiger partial charge on any atom is 0.0299 e. The number of hydrogen-bond acceptors (Lipinski definition) is 3. The van der Waals surface area contributed by atoms with Gasteiger partial charge in [0.1, 0.15) is 0 Å². The molecule has 18 heavy (non-hydrogen) atoms. The second-order valence-corrected chi connectivity index (χ2v) is 6.45. The van der Waals surface area contributed by atoms with Gasteiger partial charge in [-0.15, -0.1) is 23.7 Å². The summed E-state index contributed by atoms with van der Waals surface area (Å²) in [7, 11) is 0. The third kappa shape index (κ3) is 3.27. The van der Waals surface area contributed by atoms with Crippen LogP contribution in [-0.4, -0.2) is 19.1 Å². The molecule has 1 aromatic rings. The Bertz CT molecular complexity index is 342. The van der Waals surface area contributed by atoms with Gasteiger partial charge in [-0.25, -0.2) is 0 Å². The molecule has 2 N–H and O–H groups in total. The molecule has 3 atom stereocenters.